The molecule has 5 nitrogen and oxygen atoms in total. The Morgan fingerprint density at radius 3 is 2.10 bits per heavy atom. The number of pyridine rings is 1. The van der Waals surface area contributed by atoms with Gasteiger partial charge in [0.1, 0.15) is 17.3 Å². The summed E-state index contributed by atoms with van der Waals surface area (Å²) in [6.45, 7) is 6.53. The van der Waals surface area contributed by atoms with Crippen molar-refractivity contribution in [2.45, 2.75) is 26.2 Å². The summed E-state index contributed by atoms with van der Waals surface area (Å²) < 4.78 is 100. The maximum atomic E-state index is 9.00. The molecule has 0 radical (unpaired) electrons. The molecule has 7 aromatic carbocycles. The Morgan fingerprint density at radius 1 is 0.655 bits per heavy atom. The van der Waals surface area contributed by atoms with E-state index in [0.29, 0.717) is 28.2 Å². The van der Waals surface area contributed by atoms with Gasteiger partial charge in [0.05, 0.1) is 47.1 Å². The fraction of sp³-hybridized carbons (Fsp3) is 0.0769. The average Bonchev–Trinajstić information content (AvgIpc) is 3.87. The van der Waals surface area contributed by atoms with Gasteiger partial charge in [-0.2, -0.15) is 0 Å². The number of hydrogen-bond donors (Lipinski definition) is 0. The third-order valence-electron chi connectivity index (χ3n) is 10.2. The molecule has 10 rings (SSSR count). The Morgan fingerprint density at radius 2 is 1.36 bits per heavy atom. The molecular formula is C52H39BrN4O. The van der Waals surface area contributed by atoms with Crippen LogP contribution in [0.2, 0.25) is 0 Å². The fourth-order valence-corrected chi connectivity index (χ4v) is 7.85. The van der Waals surface area contributed by atoms with Gasteiger partial charge in [0.15, 0.2) is 0 Å². The summed E-state index contributed by atoms with van der Waals surface area (Å²) in [5, 5.41) is 2.08. The van der Waals surface area contributed by atoms with E-state index >= 15 is 0 Å². The Balaban J connectivity index is 1.15. The summed E-state index contributed by atoms with van der Waals surface area (Å²) in [5.41, 5.74) is 5.03. The van der Waals surface area contributed by atoms with Crippen molar-refractivity contribution in [1.82, 2.24) is 14.1 Å². The van der Waals surface area contributed by atoms with Gasteiger partial charge < -0.3 is 4.74 Å². The highest BCUT2D eigenvalue weighted by Gasteiger charge is 2.21. The molecular weight excluding hydrogens is 777 g/mol. The van der Waals surface area contributed by atoms with Gasteiger partial charge in [-0.25, -0.2) is 4.98 Å². The lowest BCUT2D eigenvalue weighted by Crippen LogP contribution is -2.31. The Kier molecular flexibility index (Phi) is 6.47. The summed E-state index contributed by atoms with van der Waals surface area (Å²) in [6.07, 6.45) is 5.28. The molecule has 0 bridgehead atoms. The van der Waals surface area contributed by atoms with Gasteiger partial charge in [-0.3, -0.25) is 13.7 Å². The molecule has 0 aliphatic heterocycles. The molecule has 280 valence electrons. The molecule has 0 amide bonds. The van der Waals surface area contributed by atoms with Crippen molar-refractivity contribution in [2.24, 2.45) is 0 Å². The van der Waals surface area contributed by atoms with Gasteiger partial charge >= 0.3 is 0 Å². The molecule has 0 atom stereocenters. The van der Waals surface area contributed by atoms with Gasteiger partial charge in [-0.15, -0.1) is 0 Å². The molecule has 0 unspecified atom stereocenters. The molecule has 58 heavy (non-hydrogen) atoms. The number of nitrogens with zero attached hydrogens (tertiary/aromatic N) is 4. The molecule has 0 fully saturated rings. The van der Waals surface area contributed by atoms with Crippen LogP contribution in [0.1, 0.15) is 40.0 Å². The summed E-state index contributed by atoms with van der Waals surface area (Å²) in [5.74, 6) is 1.87. The maximum Gasteiger partial charge on any atom is 0.269 e. The SMILES string of the molecule is [2H]c1c([2H])c([2H])c(-c2cccc(-c3c([2H])c([2H])c([2H])c([2H])c3[2H])c2-[n+]2[c-]n(-c3cccc(Oc4ccc5c6cc(Br)ccc6n(-c6cc(C(C)(C)C)ccn6)c5c4)c3)c3ccccc32)c([2H])c1[2H]. The van der Waals surface area contributed by atoms with Crippen molar-refractivity contribution in [1.29, 1.82) is 0 Å². The quantitative estimate of drug-likeness (QED) is 0.119. The molecule has 0 spiro atoms. The summed E-state index contributed by atoms with van der Waals surface area (Å²) in [4.78, 5) is 4.83. The predicted octanol–water partition coefficient (Wildman–Crippen LogP) is 13.4. The standard InChI is InChI=1S/C52H39BrN4O/c1-52(2,3)37-28-29-54-50(30-37)57-46-27-24-38(53)31-45(46)44-26-25-41(33-49(44)57)58-40-19-12-18-39(32-40)55-34-56(48-23-11-10-22-47(48)55)51-42(35-14-6-4-7-15-35)20-13-21-43(51)36-16-8-5-9-17-36/h4-33H,1-3H3/i4D,5D,6D,7D,8D,9D,14D,15D,16D,17D. The number of benzene rings is 7. The Hall–Kier alpha value is -6.76. The van der Waals surface area contributed by atoms with E-state index < -0.39 is 60.4 Å². The zero-order valence-corrected chi connectivity index (χ0v) is 33.2. The number of halogens is 1. The number of aromatic nitrogens is 4. The molecule has 0 aliphatic carbocycles. The lowest BCUT2D eigenvalue weighted by Gasteiger charge is -2.20. The van der Waals surface area contributed by atoms with Crippen molar-refractivity contribution in [3.05, 3.63) is 198 Å². The van der Waals surface area contributed by atoms with Crippen LogP contribution in [-0.2, 0) is 5.41 Å². The minimum absolute atomic E-state index is 0.0964. The van der Waals surface area contributed by atoms with Gasteiger partial charge in [-0.1, -0.05) is 146 Å². The van der Waals surface area contributed by atoms with Crippen molar-refractivity contribution >= 4 is 48.8 Å². The highest BCUT2D eigenvalue weighted by Crippen LogP contribution is 2.38. The van der Waals surface area contributed by atoms with E-state index in [1.165, 1.54) is 0 Å². The van der Waals surface area contributed by atoms with E-state index in [4.69, 9.17) is 23.4 Å². The monoisotopic (exact) mass is 824 g/mol. The van der Waals surface area contributed by atoms with Crippen molar-refractivity contribution in [2.75, 3.05) is 0 Å². The van der Waals surface area contributed by atoms with Gasteiger partial charge in [0, 0.05) is 27.5 Å². The zero-order valence-electron chi connectivity index (χ0n) is 41.6. The Bertz CT molecular complexity index is 3600. The van der Waals surface area contributed by atoms with Crippen LogP contribution < -0.4 is 9.30 Å². The second-order valence-electron chi connectivity index (χ2n) is 14.9. The first-order chi connectivity index (χ1) is 32.4. The fourth-order valence-electron chi connectivity index (χ4n) is 7.49. The normalized spacial score (nSPS) is 14.2. The molecule has 3 heterocycles. The third kappa shape index (κ3) is 6.36. The highest BCUT2D eigenvalue weighted by molar-refractivity contribution is 9.10. The number of hydrogen-bond acceptors (Lipinski definition) is 2. The second kappa shape index (κ2) is 14.3. The molecule has 3 aromatic heterocycles. The van der Waals surface area contributed by atoms with E-state index in [1.54, 1.807) is 27.3 Å². The number of imidazole rings is 1. The first kappa shape index (κ1) is 26.2. The predicted molar refractivity (Wildman–Crippen MR) is 240 cm³/mol. The maximum absolute atomic E-state index is 9.00. The largest absolute Gasteiger partial charge is 0.458 e. The van der Waals surface area contributed by atoms with Crippen LogP contribution in [0.4, 0.5) is 0 Å². The third-order valence-corrected chi connectivity index (χ3v) is 10.7. The summed E-state index contributed by atoms with van der Waals surface area (Å²) >= 11 is 3.66. The van der Waals surface area contributed by atoms with Crippen LogP contribution in [-0.4, -0.2) is 14.1 Å². The number of para-hydroxylation sites is 3. The molecule has 0 saturated heterocycles. The zero-order chi connectivity index (χ0) is 48.1. The van der Waals surface area contributed by atoms with E-state index in [9.17, 15) is 0 Å². The molecule has 6 heteroatoms. The second-order valence-corrected chi connectivity index (χ2v) is 15.8. The first-order valence-corrected chi connectivity index (χ1v) is 19.5. The number of rotatable bonds is 7. The van der Waals surface area contributed by atoms with Crippen molar-refractivity contribution in [3.8, 4) is 50.9 Å². The van der Waals surface area contributed by atoms with Gasteiger partial charge in [0.25, 0.3) is 6.33 Å². The summed E-state index contributed by atoms with van der Waals surface area (Å²) in [6, 6.07) is 30.7. The molecule has 0 saturated carbocycles. The van der Waals surface area contributed by atoms with Crippen molar-refractivity contribution < 1.29 is 23.0 Å². The van der Waals surface area contributed by atoms with Crippen LogP contribution in [0.25, 0.3) is 72.3 Å². The first-order valence-electron chi connectivity index (χ1n) is 23.7. The van der Waals surface area contributed by atoms with E-state index in [0.717, 1.165) is 37.7 Å². The van der Waals surface area contributed by atoms with Crippen LogP contribution >= 0.6 is 15.9 Å². The van der Waals surface area contributed by atoms with Gasteiger partial charge in [0.2, 0.25) is 0 Å². The van der Waals surface area contributed by atoms with Gasteiger partial charge in [-0.05, 0) is 93.9 Å². The Labute approximate surface area is 360 Å². The molecule has 10 aromatic rings. The minimum Gasteiger partial charge on any atom is -0.458 e. The number of fused-ring (bicyclic) bond motifs is 4. The lowest BCUT2D eigenvalue weighted by molar-refractivity contribution is -0.571. The lowest BCUT2D eigenvalue weighted by atomic mass is 9.88. The van der Waals surface area contributed by atoms with E-state index in [-0.39, 0.29) is 33.4 Å². The average molecular weight is 826 g/mol. The van der Waals surface area contributed by atoms with Crippen molar-refractivity contribution in [3.63, 3.8) is 0 Å². The topological polar surface area (TPSA) is 35.9 Å². The molecule has 0 aliphatic rings. The highest BCUT2D eigenvalue weighted by atomic mass is 79.9. The van der Waals surface area contributed by atoms with Crippen LogP contribution in [0.3, 0.4) is 0 Å². The molecule has 0 N–H and O–H groups in total. The smallest absolute Gasteiger partial charge is 0.269 e. The van der Waals surface area contributed by atoms with Crippen LogP contribution in [0.5, 0.6) is 11.5 Å². The number of ether oxygens (including phenoxy) is 1. The van der Waals surface area contributed by atoms with Crippen LogP contribution in [0.15, 0.2) is 186 Å². The van der Waals surface area contributed by atoms with Crippen LogP contribution in [0, 0.1) is 6.33 Å². The minimum atomic E-state index is -0.566. The summed E-state index contributed by atoms with van der Waals surface area (Å²) in [7, 11) is 0. The van der Waals surface area contributed by atoms with E-state index in [1.807, 2.05) is 85.1 Å². The van der Waals surface area contributed by atoms with E-state index in [2.05, 4.69) is 65.8 Å².